The molecule has 0 amide bonds. The van der Waals surface area contributed by atoms with Crippen molar-refractivity contribution in [1.82, 2.24) is 0 Å². The van der Waals surface area contributed by atoms with Gasteiger partial charge >= 0.3 is 0 Å². The van der Waals surface area contributed by atoms with Crippen LogP contribution in [-0.4, -0.2) is 6.54 Å². The van der Waals surface area contributed by atoms with Crippen LogP contribution in [0.4, 0.5) is 0 Å². The molecule has 2 N–H and O–H groups in total. The molecule has 0 fully saturated rings. The van der Waals surface area contributed by atoms with Crippen LogP contribution in [0.1, 0.15) is 26.0 Å². The van der Waals surface area contributed by atoms with E-state index < -0.39 is 0 Å². The Hall–Kier alpha value is -1.02. The molecule has 1 rings (SSSR count). The zero-order valence-electron chi connectivity index (χ0n) is 8.29. The highest BCUT2D eigenvalue weighted by Crippen LogP contribution is 2.16. The van der Waals surface area contributed by atoms with E-state index in [0.29, 0.717) is 5.92 Å². The maximum absolute atomic E-state index is 5.49. The number of hydrogen-bond acceptors (Lipinski definition) is 2. The molecule has 0 bridgehead atoms. The Kier molecular flexibility index (Phi) is 3.77. The highest BCUT2D eigenvalue weighted by atomic mass is 16.3. The normalized spacial score (nSPS) is 14.5. The molecule has 0 saturated heterocycles. The van der Waals surface area contributed by atoms with Crippen molar-refractivity contribution in [2.75, 3.05) is 6.54 Å². The standard InChI is InChI=1S/C11H17NO/c1-9(5-6-12)10(2)8-11-4-3-7-13-11/h3-4,7-9H,5-6,12H2,1-2H3/b10-8+. The molecule has 0 aliphatic carbocycles. The number of hydrogen-bond donors (Lipinski definition) is 1. The number of nitrogens with two attached hydrogens (primary N) is 1. The molecule has 13 heavy (non-hydrogen) atoms. The van der Waals surface area contributed by atoms with E-state index in [0.717, 1.165) is 18.7 Å². The average molecular weight is 179 g/mol. The first-order valence-corrected chi connectivity index (χ1v) is 4.66. The molecular formula is C11H17NO. The number of allylic oxidation sites excluding steroid dienone is 1. The fraction of sp³-hybridized carbons (Fsp3) is 0.455. The summed E-state index contributed by atoms with van der Waals surface area (Å²) in [5, 5.41) is 0. The summed E-state index contributed by atoms with van der Waals surface area (Å²) in [6, 6.07) is 3.85. The van der Waals surface area contributed by atoms with E-state index >= 15 is 0 Å². The lowest BCUT2D eigenvalue weighted by Crippen LogP contribution is -2.06. The van der Waals surface area contributed by atoms with Gasteiger partial charge in [0.2, 0.25) is 0 Å². The van der Waals surface area contributed by atoms with Gasteiger partial charge in [0.15, 0.2) is 0 Å². The van der Waals surface area contributed by atoms with Gasteiger partial charge in [0.25, 0.3) is 0 Å². The van der Waals surface area contributed by atoms with Gasteiger partial charge in [-0.2, -0.15) is 0 Å². The van der Waals surface area contributed by atoms with Crippen molar-refractivity contribution in [2.24, 2.45) is 11.7 Å². The molecular weight excluding hydrogens is 162 g/mol. The van der Waals surface area contributed by atoms with Crippen molar-refractivity contribution in [3.63, 3.8) is 0 Å². The Morgan fingerprint density at radius 2 is 2.46 bits per heavy atom. The van der Waals surface area contributed by atoms with Crippen LogP contribution in [0.3, 0.4) is 0 Å². The van der Waals surface area contributed by atoms with Gasteiger partial charge in [-0.1, -0.05) is 12.5 Å². The summed E-state index contributed by atoms with van der Waals surface area (Å²) in [5.41, 5.74) is 6.81. The van der Waals surface area contributed by atoms with Crippen molar-refractivity contribution in [2.45, 2.75) is 20.3 Å². The number of furan rings is 1. The van der Waals surface area contributed by atoms with Crippen LogP contribution in [0, 0.1) is 5.92 Å². The minimum atomic E-state index is 0.537. The minimum absolute atomic E-state index is 0.537. The van der Waals surface area contributed by atoms with E-state index in [9.17, 15) is 0 Å². The van der Waals surface area contributed by atoms with Crippen LogP contribution in [-0.2, 0) is 0 Å². The van der Waals surface area contributed by atoms with Gasteiger partial charge in [-0.15, -0.1) is 0 Å². The van der Waals surface area contributed by atoms with Crippen LogP contribution in [0.15, 0.2) is 28.4 Å². The van der Waals surface area contributed by atoms with Gasteiger partial charge in [-0.25, -0.2) is 0 Å². The summed E-state index contributed by atoms with van der Waals surface area (Å²) >= 11 is 0. The molecule has 2 heteroatoms. The summed E-state index contributed by atoms with van der Waals surface area (Å²) in [7, 11) is 0. The van der Waals surface area contributed by atoms with Crippen molar-refractivity contribution in [3.05, 3.63) is 29.7 Å². The molecule has 0 radical (unpaired) electrons. The molecule has 0 aliphatic rings. The van der Waals surface area contributed by atoms with Gasteiger partial charge in [0, 0.05) is 0 Å². The van der Waals surface area contributed by atoms with E-state index in [1.807, 2.05) is 12.1 Å². The van der Waals surface area contributed by atoms with Crippen LogP contribution in [0.5, 0.6) is 0 Å². The molecule has 1 heterocycles. The molecule has 72 valence electrons. The van der Waals surface area contributed by atoms with Crippen LogP contribution in [0.2, 0.25) is 0 Å². The van der Waals surface area contributed by atoms with E-state index in [4.69, 9.17) is 10.2 Å². The average Bonchev–Trinajstić information content (AvgIpc) is 2.57. The van der Waals surface area contributed by atoms with Crippen molar-refractivity contribution < 1.29 is 4.42 Å². The molecule has 1 aromatic heterocycles. The summed E-state index contributed by atoms with van der Waals surface area (Å²) in [4.78, 5) is 0. The fourth-order valence-electron chi connectivity index (χ4n) is 1.22. The predicted octanol–water partition coefficient (Wildman–Crippen LogP) is 2.67. The van der Waals surface area contributed by atoms with E-state index in [1.165, 1.54) is 5.57 Å². The summed E-state index contributed by atoms with van der Waals surface area (Å²) in [5.74, 6) is 1.46. The smallest absolute Gasteiger partial charge is 0.126 e. The highest BCUT2D eigenvalue weighted by Gasteiger charge is 2.03. The molecule has 1 aromatic rings. The van der Waals surface area contributed by atoms with Crippen molar-refractivity contribution in [3.8, 4) is 0 Å². The van der Waals surface area contributed by atoms with Gasteiger partial charge in [-0.05, 0) is 44.0 Å². The van der Waals surface area contributed by atoms with Crippen LogP contribution >= 0.6 is 0 Å². The van der Waals surface area contributed by atoms with Gasteiger partial charge in [0.05, 0.1) is 6.26 Å². The summed E-state index contributed by atoms with van der Waals surface area (Å²) in [6.07, 6.45) is 4.79. The SMILES string of the molecule is C/C(=C\c1ccco1)C(C)CCN. The lowest BCUT2D eigenvalue weighted by Gasteiger charge is -2.09. The van der Waals surface area contributed by atoms with E-state index in [1.54, 1.807) is 6.26 Å². The van der Waals surface area contributed by atoms with E-state index in [2.05, 4.69) is 19.9 Å². The largest absolute Gasteiger partial charge is 0.465 e. The molecule has 1 unspecified atom stereocenters. The zero-order chi connectivity index (χ0) is 9.68. The Bertz CT molecular complexity index is 262. The van der Waals surface area contributed by atoms with Gasteiger partial charge in [0.1, 0.15) is 5.76 Å². The molecule has 0 aromatic carbocycles. The topological polar surface area (TPSA) is 39.2 Å². The first-order chi connectivity index (χ1) is 6.24. The Labute approximate surface area is 79.4 Å². The molecule has 0 aliphatic heterocycles. The third-order valence-electron chi connectivity index (χ3n) is 2.29. The predicted molar refractivity (Wildman–Crippen MR) is 55.2 cm³/mol. The molecule has 2 nitrogen and oxygen atoms in total. The highest BCUT2D eigenvalue weighted by molar-refractivity contribution is 5.46. The van der Waals surface area contributed by atoms with Gasteiger partial charge in [-0.3, -0.25) is 0 Å². The third-order valence-corrected chi connectivity index (χ3v) is 2.29. The van der Waals surface area contributed by atoms with E-state index in [-0.39, 0.29) is 0 Å². The quantitative estimate of drug-likeness (QED) is 0.771. The van der Waals surface area contributed by atoms with Crippen molar-refractivity contribution in [1.29, 1.82) is 0 Å². The molecule has 0 spiro atoms. The Balaban J connectivity index is 2.60. The van der Waals surface area contributed by atoms with Crippen LogP contribution in [0.25, 0.3) is 6.08 Å². The molecule has 1 atom stereocenters. The first kappa shape index (κ1) is 10.1. The Morgan fingerprint density at radius 1 is 1.69 bits per heavy atom. The second-order valence-corrected chi connectivity index (χ2v) is 3.38. The minimum Gasteiger partial charge on any atom is -0.465 e. The summed E-state index contributed by atoms with van der Waals surface area (Å²) in [6.45, 7) is 5.04. The zero-order valence-corrected chi connectivity index (χ0v) is 8.29. The third kappa shape index (κ3) is 3.07. The first-order valence-electron chi connectivity index (χ1n) is 4.66. The van der Waals surface area contributed by atoms with Crippen molar-refractivity contribution >= 4 is 6.08 Å². The molecule has 0 saturated carbocycles. The monoisotopic (exact) mass is 179 g/mol. The maximum atomic E-state index is 5.49. The van der Waals surface area contributed by atoms with Crippen LogP contribution < -0.4 is 5.73 Å². The summed E-state index contributed by atoms with van der Waals surface area (Å²) < 4.78 is 5.22. The lowest BCUT2D eigenvalue weighted by atomic mass is 9.98. The number of rotatable bonds is 4. The lowest BCUT2D eigenvalue weighted by molar-refractivity contribution is 0.554. The Morgan fingerprint density at radius 3 is 3.00 bits per heavy atom. The van der Waals surface area contributed by atoms with Gasteiger partial charge < -0.3 is 10.2 Å². The second-order valence-electron chi connectivity index (χ2n) is 3.38. The second kappa shape index (κ2) is 4.87. The maximum Gasteiger partial charge on any atom is 0.126 e. The fourth-order valence-corrected chi connectivity index (χ4v) is 1.22.